The van der Waals surface area contributed by atoms with E-state index in [1.807, 2.05) is 28.0 Å². The molecular formula is C24H32N8O2. The molecule has 10 heteroatoms. The standard InChI is InChI=1S/C24H32N8O2/c25-17-5-2-9-32(14-17)24-27-13-20(21(26)33)22(29-24)28-18-6-1-4-16(12-18)23(34)31-11-10-30-8-3-7-19(30)15-31/h1,4,6,12-13,17,19H,2-3,5,7-11,14-15,25H2,(H2,26,33)(H,27,28,29)/t17-,19+/m0/s1. The molecule has 0 aliphatic carbocycles. The zero-order chi connectivity index (χ0) is 23.7. The van der Waals surface area contributed by atoms with E-state index in [-0.39, 0.29) is 17.5 Å². The number of anilines is 3. The van der Waals surface area contributed by atoms with E-state index in [0.717, 1.165) is 52.0 Å². The number of hydrogen-bond donors (Lipinski definition) is 3. The fourth-order valence-electron chi connectivity index (χ4n) is 5.22. The van der Waals surface area contributed by atoms with Gasteiger partial charge in [0.25, 0.3) is 11.8 Å². The van der Waals surface area contributed by atoms with Crippen LogP contribution in [0.1, 0.15) is 46.4 Å². The summed E-state index contributed by atoms with van der Waals surface area (Å²) < 4.78 is 0. The van der Waals surface area contributed by atoms with Gasteiger partial charge in [0, 0.05) is 62.3 Å². The Morgan fingerprint density at radius 1 is 1.06 bits per heavy atom. The second-order valence-corrected chi connectivity index (χ2v) is 9.43. The second-order valence-electron chi connectivity index (χ2n) is 9.43. The summed E-state index contributed by atoms with van der Waals surface area (Å²) >= 11 is 0. The summed E-state index contributed by atoms with van der Waals surface area (Å²) in [5.41, 5.74) is 13.1. The highest BCUT2D eigenvalue weighted by atomic mass is 16.2. The van der Waals surface area contributed by atoms with Crippen LogP contribution in [0.3, 0.4) is 0 Å². The van der Waals surface area contributed by atoms with Crippen molar-refractivity contribution in [2.45, 2.75) is 37.8 Å². The molecule has 0 unspecified atom stereocenters. The number of nitrogens with one attached hydrogen (secondary N) is 1. The molecule has 3 aliphatic rings. The molecule has 2 aromatic rings. The number of hydrogen-bond acceptors (Lipinski definition) is 8. The highest BCUT2D eigenvalue weighted by Crippen LogP contribution is 2.25. The maximum Gasteiger partial charge on any atom is 0.254 e. The molecule has 2 atom stereocenters. The van der Waals surface area contributed by atoms with E-state index < -0.39 is 5.91 Å². The Morgan fingerprint density at radius 3 is 2.74 bits per heavy atom. The van der Waals surface area contributed by atoms with Crippen LogP contribution in [-0.4, -0.2) is 82.9 Å². The number of piperazine rings is 1. The fourth-order valence-corrected chi connectivity index (χ4v) is 5.22. The van der Waals surface area contributed by atoms with E-state index >= 15 is 0 Å². The lowest BCUT2D eigenvalue weighted by molar-refractivity contribution is 0.0571. The number of aromatic nitrogens is 2. The SMILES string of the molecule is NC(=O)c1cnc(N2CCC[C@H](N)C2)nc1Nc1cccc(C(=O)N2CCN3CCC[C@@H]3C2)c1. The first kappa shape index (κ1) is 22.5. The van der Waals surface area contributed by atoms with Crippen molar-refractivity contribution >= 4 is 29.3 Å². The van der Waals surface area contributed by atoms with E-state index in [4.69, 9.17) is 11.5 Å². The number of carbonyl (C=O) groups excluding carboxylic acids is 2. The van der Waals surface area contributed by atoms with Gasteiger partial charge in [-0.2, -0.15) is 4.98 Å². The number of carbonyl (C=O) groups is 2. The average molecular weight is 465 g/mol. The van der Waals surface area contributed by atoms with Crippen LogP contribution < -0.4 is 21.7 Å². The van der Waals surface area contributed by atoms with Crippen molar-refractivity contribution in [3.05, 3.63) is 41.6 Å². The third kappa shape index (κ3) is 4.69. The van der Waals surface area contributed by atoms with Crippen LogP contribution >= 0.6 is 0 Å². The molecule has 3 fully saturated rings. The molecule has 3 aliphatic heterocycles. The Morgan fingerprint density at radius 2 is 1.91 bits per heavy atom. The molecule has 3 saturated heterocycles. The number of fused-ring (bicyclic) bond motifs is 1. The molecule has 10 nitrogen and oxygen atoms in total. The van der Waals surface area contributed by atoms with Gasteiger partial charge in [-0.15, -0.1) is 0 Å². The smallest absolute Gasteiger partial charge is 0.254 e. The predicted molar refractivity (Wildman–Crippen MR) is 130 cm³/mol. The average Bonchev–Trinajstić information content (AvgIpc) is 3.31. The molecule has 0 spiro atoms. The quantitative estimate of drug-likeness (QED) is 0.600. The number of nitrogens with two attached hydrogens (primary N) is 2. The predicted octanol–water partition coefficient (Wildman–Crippen LogP) is 1.17. The summed E-state index contributed by atoms with van der Waals surface area (Å²) in [7, 11) is 0. The van der Waals surface area contributed by atoms with Crippen molar-refractivity contribution in [2.24, 2.45) is 11.5 Å². The molecule has 4 heterocycles. The number of rotatable bonds is 5. The monoisotopic (exact) mass is 464 g/mol. The first-order chi connectivity index (χ1) is 16.5. The topological polar surface area (TPSA) is 134 Å². The van der Waals surface area contributed by atoms with Crippen LogP contribution in [0.4, 0.5) is 17.5 Å². The molecule has 5 rings (SSSR count). The van der Waals surface area contributed by atoms with Crippen molar-refractivity contribution in [2.75, 3.05) is 49.5 Å². The maximum atomic E-state index is 13.2. The van der Waals surface area contributed by atoms with Crippen LogP contribution in [-0.2, 0) is 0 Å². The Labute approximate surface area is 199 Å². The van der Waals surface area contributed by atoms with Gasteiger partial charge >= 0.3 is 0 Å². The summed E-state index contributed by atoms with van der Waals surface area (Å²) in [6.45, 7) is 5.05. The van der Waals surface area contributed by atoms with Gasteiger partial charge in [0.05, 0.1) is 0 Å². The minimum atomic E-state index is -0.619. The highest BCUT2D eigenvalue weighted by Gasteiger charge is 2.32. The molecule has 0 saturated carbocycles. The normalized spacial score (nSPS) is 23.0. The van der Waals surface area contributed by atoms with Crippen molar-refractivity contribution in [3.8, 4) is 0 Å². The van der Waals surface area contributed by atoms with E-state index in [1.165, 1.54) is 12.6 Å². The van der Waals surface area contributed by atoms with Gasteiger partial charge in [0.2, 0.25) is 5.95 Å². The van der Waals surface area contributed by atoms with Gasteiger partial charge < -0.3 is 26.6 Å². The van der Waals surface area contributed by atoms with E-state index in [9.17, 15) is 9.59 Å². The fraction of sp³-hybridized carbons (Fsp3) is 0.500. The zero-order valence-electron chi connectivity index (χ0n) is 19.3. The molecule has 1 aromatic carbocycles. The Bertz CT molecular complexity index is 1080. The van der Waals surface area contributed by atoms with E-state index in [1.54, 1.807) is 6.07 Å². The maximum absolute atomic E-state index is 13.2. The van der Waals surface area contributed by atoms with Gasteiger partial charge in [-0.05, 0) is 50.4 Å². The number of primary amides is 1. The lowest BCUT2D eigenvalue weighted by Crippen LogP contribution is -2.52. The minimum absolute atomic E-state index is 0.0241. The molecule has 0 radical (unpaired) electrons. The first-order valence-electron chi connectivity index (χ1n) is 12.1. The van der Waals surface area contributed by atoms with Crippen molar-refractivity contribution in [1.29, 1.82) is 0 Å². The van der Waals surface area contributed by atoms with E-state index in [2.05, 4.69) is 20.2 Å². The molecule has 180 valence electrons. The summed E-state index contributed by atoms with van der Waals surface area (Å²) in [6.07, 6.45) is 5.74. The van der Waals surface area contributed by atoms with Crippen LogP contribution in [0, 0.1) is 0 Å². The van der Waals surface area contributed by atoms with Crippen LogP contribution in [0.25, 0.3) is 0 Å². The summed E-state index contributed by atoms with van der Waals surface area (Å²) in [5.74, 6) is 0.229. The Balaban J connectivity index is 1.35. The molecule has 0 bridgehead atoms. The number of amides is 2. The Hall–Kier alpha value is -3.24. The largest absolute Gasteiger partial charge is 0.365 e. The Kier molecular flexibility index (Phi) is 6.34. The van der Waals surface area contributed by atoms with Gasteiger partial charge in [-0.3, -0.25) is 14.5 Å². The number of benzene rings is 1. The third-order valence-corrected chi connectivity index (χ3v) is 7.03. The summed E-state index contributed by atoms with van der Waals surface area (Å²) in [5, 5.41) is 3.19. The van der Waals surface area contributed by atoms with Gasteiger partial charge in [0.15, 0.2) is 0 Å². The van der Waals surface area contributed by atoms with Crippen LogP contribution in [0.15, 0.2) is 30.5 Å². The van der Waals surface area contributed by atoms with Gasteiger partial charge in [-0.1, -0.05) is 6.07 Å². The molecule has 34 heavy (non-hydrogen) atoms. The number of nitrogens with zero attached hydrogens (tertiary/aromatic N) is 5. The lowest BCUT2D eigenvalue weighted by Gasteiger charge is -2.37. The summed E-state index contributed by atoms with van der Waals surface area (Å²) in [4.78, 5) is 40.6. The molecule has 2 amide bonds. The van der Waals surface area contributed by atoms with Crippen LogP contribution in [0.2, 0.25) is 0 Å². The summed E-state index contributed by atoms with van der Waals surface area (Å²) in [6, 6.07) is 7.83. The highest BCUT2D eigenvalue weighted by molar-refractivity contribution is 5.99. The second kappa shape index (κ2) is 9.55. The number of piperidine rings is 1. The van der Waals surface area contributed by atoms with Crippen LogP contribution in [0.5, 0.6) is 0 Å². The first-order valence-corrected chi connectivity index (χ1v) is 12.1. The third-order valence-electron chi connectivity index (χ3n) is 7.03. The van der Waals surface area contributed by atoms with Crippen molar-refractivity contribution in [3.63, 3.8) is 0 Å². The lowest BCUT2D eigenvalue weighted by atomic mass is 10.1. The zero-order valence-corrected chi connectivity index (χ0v) is 19.3. The molecule has 1 aromatic heterocycles. The van der Waals surface area contributed by atoms with Crippen molar-refractivity contribution < 1.29 is 9.59 Å². The van der Waals surface area contributed by atoms with Gasteiger partial charge in [-0.25, -0.2) is 4.98 Å². The van der Waals surface area contributed by atoms with Gasteiger partial charge in [0.1, 0.15) is 11.4 Å². The van der Waals surface area contributed by atoms with E-state index in [0.29, 0.717) is 35.6 Å². The molecular weight excluding hydrogens is 432 g/mol. The minimum Gasteiger partial charge on any atom is -0.365 e. The van der Waals surface area contributed by atoms with Crippen molar-refractivity contribution in [1.82, 2.24) is 19.8 Å². The molecule has 5 N–H and O–H groups in total.